The van der Waals surface area contributed by atoms with E-state index in [0.29, 0.717) is 6.42 Å². The fourth-order valence-corrected chi connectivity index (χ4v) is 3.58. The Morgan fingerprint density at radius 2 is 1.77 bits per heavy atom. The summed E-state index contributed by atoms with van der Waals surface area (Å²) >= 11 is 0. The van der Waals surface area contributed by atoms with Crippen molar-refractivity contribution in [2.45, 2.75) is 58.4 Å². The average molecular weight is 408 g/mol. The van der Waals surface area contributed by atoms with Gasteiger partial charge in [0, 0.05) is 25.9 Å². The van der Waals surface area contributed by atoms with Gasteiger partial charge >= 0.3 is 0 Å². The van der Waals surface area contributed by atoms with Crippen LogP contribution in [-0.2, 0) is 17.8 Å². The Morgan fingerprint density at radius 1 is 0.967 bits per heavy atom. The van der Waals surface area contributed by atoms with Gasteiger partial charge in [-0.25, -0.2) is 4.98 Å². The summed E-state index contributed by atoms with van der Waals surface area (Å²) in [6.45, 7) is 4.34. The summed E-state index contributed by atoms with van der Waals surface area (Å²) in [5.74, 6) is 2.23. The second-order valence-electron chi connectivity index (χ2n) is 7.55. The van der Waals surface area contributed by atoms with Crippen LogP contribution in [-0.4, -0.2) is 28.6 Å². The molecule has 0 unspecified atom stereocenters. The second kappa shape index (κ2) is 12.0. The molecule has 1 aromatic heterocycles. The number of hydrogen-bond acceptors (Lipinski definition) is 3. The number of para-hydroxylation sites is 3. The number of carbonyl (C=O) groups is 1. The molecule has 5 nitrogen and oxygen atoms in total. The smallest absolute Gasteiger partial charge is 0.219 e. The number of amides is 1. The van der Waals surface area contributed by atoms with Gasteiger partial charge in [-0.2, -0.15) is 0 Å². The number of unbranched alkanes of at least 4 members (excludes halogenated alkanes) is 3. The van der Waals surface area contributed by atoms with E-state index in [-0.39, 0.29) is 5.91 Å². The highest BCUT2D eigenvalue weighted by Gasteiger charge is 2.10. The van der Waals surface area contributed by atoms with Crippen molar-refractivity contribution in [2.75, 3.05) is 13.2 Å². The van der Waals surface area contributed by atoms with Gasteiger partial charge in [-0.1, -0.05) is 43.7 Å². The van der Waals surface area contributed by atoms with Crippen LogP contribution in [0.1, 0.15) is 51.3 Å². The minimum absolute atomic E-state index is 0.132. The number of hydrogen-bond donors (Lipinski definition) is 1. The number of fused-ring (bicyclic) bond motifs is 1. The molecule has 0 radical (unpaired) electrons. The van der Waals surface area contributed by atoms with E-state index in [4.69, 9.17) is 9.72 Å². The summed E-state index contributed by atoms with van der Waals surface area (Å²) in [6, 6.07) is 18.4. The van der Waals surface area contributed by atoms with Crippen molar-refractivity contribution in [1.29, 1.82) is 0 Å². The molecule has 0 aliphatic rings. The van der Waals surface area contributed by atoms with Crippen molar-refractivity contribution in [2.24, 2.45) is 0 Å². The van der Waals surface area contributed by atoms with E-state index in [1.807, 2.05) is 43.3 Å². The highest BCUT2D eigenvalue weighted by atomic mass is 16.5. The largest absolute Gasteiger partial charge is 0.494 e. The van der Waals surface area contributed by atoms with Crippen LogP contribution in [0.25, 0.3) is 11.0 Å². The maximum Gasteiger partial charge on any atom is 0.219 e. The number of rotatable bonds is 13. The van der Waals surface area contributed by atoms with Crippen molar-refractivity contribution in [3.63, 3.8) is 0 Å². The maximum absolute atomic E-state index is 11.3. The molecule has 1 heterocycles. The van der Waals surface area contributed by atoms with Crippen LogP contribution in [0, 0.1) is 0 Å². The SMILES string of the molecule is CCC(=O)NCCCCCc1nc2ccccc2n1CCCCOc1ccccc1. The Bertz CT molecular complexity index is 905. The third-order valence-electron chi connectivity index (χ3n) is 5.24. The van der Waals surface area contributed by atoms with Crippen molar-refractivity contribution in [3.8, 4) is 5.75 Å². The van der Waals surface area contributed by atoms with Gasteiger partial charge in [0.1, 0.15) is 11.6 Å². The van der Waals surface area contributed by atoms with Gasteiger partial charge in [-0.15, -0.1) is 0 Å². The molecular weight excluding hydrogens is 374 g/mol. The number of nitrogens with one attached hydrogen (secondary N) is 1. The second-order valence-corrected chi connectivity index (χ2v) is 7.55. The lowest BCUT2D eigenvalue weighted by Crippen LogP contribution is -2.23. The number of imidazole rings is 1. The first kappa shape index (κ1) is 21.9. The molecule has 0 saturated heterocycles. The molecule has 0 fully saturated rings. The minimum Gasteiger partial charge on any atom is -0.494 e. The molecule has 0 atom stereocenters. The molecule has 5 heteroatoms. The van der Waals surface area contributed by atoms with Gasteiger partial charge < -0.3 is 14.6 Å². The Morgan fingerprint density at radius 3 is 2.60 bits per heavy atom. The maximum atomic E-state index is 11.3. The summed E-state index contributed by atoms with van der Waals surface area (Å²) in [5, 5.41) is 2.94. The van der Waals surface area contributed by atoms with E-state index in [1.165, 1.54) is 5.52 Å². The minimum atomic E-state index is 0.132. The number of nitrogens with zero attached hydrogens (tertiary/aromatic N) is 2. The molecule has 1 N–H and O–H groups in total. The molecule has 2 aromatic carbocycles. The Labute approximate surface area is 179 Å². The number of ether oxygens (including phenoxy) is 1. The fourth-order valence-electron chi connectivity index (χ4n) is 3.58. The summed E-state index contributed by atoms with van der Waals surface area (Å²) < 4.78 is 8.19. The normalized spacial score (nSPS) is 11.0. The van der Waals surface area contributed by atoms with Crippen LogP contribution in [0.3, 0.4) is 0 Å². The lowest BCUT2D eigenvalue weighted by molar-refractivity contribution is -0.120. The summed E-state index contributed by atoms with van der Waals surface area (Å²) in [6.07, 6.45) is 6.79. The first-order valence-corrected chi connectivity index (χ1v) is 11.2. The Balaban J connectivity index is 1.47. The zero-order valence-corrected chi connectivity index (χ0v) is 18.0. The lowest BCUT2D eigenvalue weighted by atomic mass is 10.2. The third-order valence-corrected chi connectivity index (χ3v) is 5.24. The van der Waals surface area contributed by atoms with Gasteiger partial charge in [0.15, 0.2) is 0 Å². The molecule has 3 rings (SSSR count). The predicted octanol–water partition coefficient (Wildman–Crippen LogP) is 5.13. The van der Waals surface area contributed by atoms with Gasteiger partial charge in [-0.05, 0) is 49.9 Å². The van der Waals surface area contributed by atoms with Gasteiger partial charge in [0.2, 0.25) is 5.91 Å². The average Bonchev–Trinajstić information content (AvgIpc) is 3.13. The number of aromatic nitrogens is 2. The van der Waals surface area contributed by atoms with Crippen molar-refractivity contribution in [3.05, 3.63) is 60.4 Å². The molecule has 160 valence electrons. The highest BCUT2D eigenvalue weighted by Crippen LogP contribution is 2.19. The van der Waals surface area contributed by atoms with E-state index in [0.717, 1.165) is 75.3 Å². The van der Waals surface area contributed by atoms with Gasteiger partial charge in [0.25, 0.3) is 0 Å². The van der Waals surface area contributed by atoms with E-state index in [9.17, 15) is 4.79 Å². The van der Waals surface area contributed by atoms with Crippen LogP contribution in [0.4, 0.5) is 0 Å². The Hall–Kier alpha value is -2.82. The highest BCUT2D eigenvalue weighted by molar-refractivity contribution is 5.76. The zero-order chi connectivity index (χ0) is 21.0. The summed E-state index contributed by atoms with van der Waals surface area (Å²) in [4.78, 5) is 16.2. The Kier molecular flexibility index (Phi) is 8.76. The third kappa shape index (κ3) is 6.61. The fraction of sp³-hybridized carbons (Fsp3) is 0.440. The summed E-state index contributed by atoms with van der Waals surface area (Å²) in [7, 11) is 0. The molecule has 0 bridgehead atoms. The zero-order valence-electron chi connectivity index (χ0n) is 18.0. The van der Waals surface area contributed by atoms with Crippen molar-refractivity contribution < 1.29 is 9.53 Å². The van der Waals surface area contributed by atoms with E-state index >= 15 is 0 Å². The predicted molar refractivity (Wildman–Crippen MR) is 122 cm³/mol. The van der Waals surface area contributed by atoms with Crippen LogP contribution >= 0.6 is 0 Å². The van der Waals surface area contributed by atoms with Crippen LogP contribution in [0.2, 0.25) is 0 Å². The monoisotopic (exact) mass is 407 g/mol. The van der Waals surface area contributed by atoms with Crippen LogP contribution < -0.4 is 10.1 Å². The van der Waals surface area contributed by atoms with Gasteiger partial charge in [-0.3, -0.25) is 4.79 Å². The quantitative estimate of drug-likeness (QED) is 0.399. The van der Waals surface area contributed by atoms with Crippen LogP contribution in [0.15, 0.2) is 54.6 Å². The topological polar surface area (TPSA) is 56.2 Å². The first-order valence-electron chi connectivity index (χ1n) is 11.2. The van der Waals surface area contributed by atoms with Crippen LogP contribution in [0.5, 0.6) is 5.75 Å². The molecule has 30 heavy (non-hydrogen) atoms. The molecule has 0 saturated carbocycles. The standard InChI is InChI=1S/C25H33N3O2/c1-2-25(29)26-18-10-4-7-17-24-27-22-15-8-9-16-23(22)28(24)19-11-12-20-30-21-13-5-3-6-14-21/h3,5-6,8-9,13-16H,2,4,7,10-12,17-20H2,1H3,(H,26,29). The van der Waals surface area contributed by atoms with E-state index in [1.54, 1.807) is 0 Å². The van der Waals surface area contributed by atoms with Crippen molar-refractivity contribution >= 4 is 16.9 Å². The number of carbonyl (C=O) groups excluding carboxylic acids is 1. The van der Waals surface area contributed by atoms with E-state index in [2.05, 4.69) is 28.1 Å². The summed E-state index contributed by atoms with van der Waals surface area (Å²) in [5.41, 5.74) is 2.29. The molecular formula is C25H33N3O2. The number of benzene rings is 2. The van der Waals surface area contributed by atoms with E-state index < -0.39 is 0 Å². The number of aryl methyl sites for hydroxylation is 2. The van der Waals surface area contributed by atoms with Crippen molar-refractivity contribution in [1.82, 2.24) is 14.9 Å². The lowest BCUT2D eigenvalue weighted by Gasteiger charge is -2.10. The molecule has 0 aliphatic carbocycles. The molecule has 1 amide bonds. The molecule has 3 aromatic rings. The molecule has 0 spiro atoms. The van der Waals surface area contributed by atoms with Gasteiger partial charge in [0.05, 0.1) is 17.6 Å². The molecule has 0 aliphatic heterocycles. The first-order chi connectivity index (χ1) is 14.8.